The number of benzene rings is 1. The van der Waals surface area contributed by atoms with Crippen LogP contribution in [0.25, 0.3) is 10.9 Å². The van der Waals surface area contributed by atoms with Crippen molar-refractivity contribution in [2.75, 3.05) is 0 Å². The number of aliphatic hydroxyl groups is 1. The molecule has 1 aromatic heterocycles. The van der Waals surface area contributed by atoms with Gasteiger partial charge in [0.05, 0.1) is 0 Å². The zero-order valence-electron chi connectivity index (χ0n) is 9.29. The zero-order valence-corrected chi connectivity index (χ0v) is 12.1. The van der Waals surface area contributed by atoms with Crippen LogP contribution in [0.4, 0.5) is 0 Å². The third kappa shape index (κ3) is 3.31. The van der Waals surface area contributed by atoms with Crippen molar-refractivity contribution in [1.82, 2.24) is 4.98 Å². The molecule has 0 amide bonds. The first-order chi connectivity index (χ1) is 7.48. The smallest absolute Gasteiger partial charge is 0.292 e. The Morgan fingerprint density at radius 1 is 1.29 bits per heavy atom. The summed E-state index contributed by atoms with van der Waals surface area (Å²) in [5.74, 6) is 0. The second kappa shape index (κ2) is 5.51. The molecule has 0 fully saturated rings. The van der Waals surface area contributed by atoms with Crippen molar-refractivity contribution >= 4 is 50.6 Å². The first-order valence-electron chi connectivity index (χ1n) is 4.68. The van der Waals surface area contributed by atoms with Crippen LogP contribution >= 0.6 is 0 Å². The summed E-state index contributed by atoms with van der Waals surface area (Å²) < 4.78 is 30.0. The molecule has 7 heteroatoms. The van der Waals surface area contributed by atoms with Crippen LogP contribution < -0.4 is 0 Å². The van der Waals surface area contributed by atoms with E-state index < -0.39 is 15.6 Å². The molecular formula is C10H11NNaO4S. The molecule has 1 radical (unpaired) electrons. The van der Waals surface area contributed by atoms with Gasteiger partial charge in [-0.25, -0.2) is 0 Å². The van der Waals surface area contributed by atoms with Crippen LogP contribution in [-0.2, 0) is 16.5 Å². The number of para-hydroxylation sites is 1. The van der Waals surface area contributed by atoms with E-state index in [9.17, 15) is 13.5 Å². The predicted molar refractivity (Wildman–Crippen MR) is 65.3 cm³/mol. The topological polar surface area (TPSA) is 90.4 Å². The van der Waals surface area contributed by atoms with Gasteiger partial charge in [0.2, 0.25) is 0 Å². The van der Waals surface area contributed by atoms with Gasteiger partial charge in [-0.05, 0) is 11.6 Å². The molecular weight excluding hydrogens is 253 g/mol. The molecule has 1 heterocycles. The number of fused-ring (bicyclic) bond motifs is 1. The van der Waals surface area contributed by atoms with Crippen molar-refractivity contribution in [3.63, 3.8) is 0 Å². The molecule has 17 heavy (non-hydrogen) atoms. The van der Waals surface area contributed by atoms with Crippen LogP contribution in [0.2, 0.25) is 0 Å². The van der Waals surface area contributed by atoms with E-state index in [4.69, 9.17) is 4.55 Å². The van der Waals surface area contributed by atoms with Gasteiger partial charge < -0.3 is 10.1 Å². The van der Waals surface area contributed by atoms with E-state index in [1.165, 1.54) is 0 Å². The summed E-state index contributed by atoms with van der Waals surface area (Å²) in [6.07, 6.45) is 1.49. The van der Waals surface area contributed by atoms with Gasteiger partial charge >= 0.3 is 0 Å². The average Bonchev–Trinajstić information content (AvgIpc) is 2.61. The quantitative estimate of drug-likeness (QED) is 0.557. The fraction of sp³-hybridized carbons (Fsp3) is 0.200. The summed E-state index contributed by atoms with van der Waals surface area (Å²) in [6, 6.07) is 7.33. The Kier molecular flexibility index (Phi) is 4.77. The van der Waals surface area contributed by atoms with Crippen LogP contribution in [-0.4, -0.2) is 58.1 Å². The fourth-order valence-corrected chi connectivity index (χ4v) is 1.98. The largest absolute Gasteiger partial charge is 0.375 e. The van der Waals surface area contributed by atoms with Crippen LogP contribution in [0.3, 0.4) is 0 Å². The van der Waals surface area contributed by atoms with E-state index in [2.05, 4.69) is 4.98 Å². The Morgan fingerprint density at radius 3 is 2.59 bits per heavy atom. The van der Waals surface area contributed by atoms with Gasteiger partial charge in [0.25, 0.3) is 10.1 Å². The first-order valence-corrected chi connectivity index (χ1v) is 6.18. The molecule has 1 atom stereocenters. The minimum absolute atomic E-state index is 0. The summed E-state index contributed by atoms with van der Waals surface area (Å²) in [5.41, 5.74) is -0.271. The predicted octanol–water partition coefficient (Wildman–Crippen LogP) is 0.536. The van der Waals surface area contributed by atoms with Gasteiger partial charge in [-0.2, -0.15) is 8.42 Å². The van der Waals surface area contributed by atoms with E-state index in [-0.39, 0.29) is 36.0 Å². The van der Waals surface area contributed by atoms with Crippen molar-refractivity contribution in [1.29, 1.82) is 0 Å². The monoisotopic (exact) mass is 264 g/mol. The molecule has 0 aliphatic heterocycles. The number of H-pyrrole nitrogens is 1. The summed E-state index contributed by atoms with van der Waals surface area (Å²) >= 11 is 0. The molecule has 5 nitrogen and oxygen atoms in total. The fourth-order valence-electron chi connectivity index (χ4n) is 1.59. The number of aliphatic hydroxyl groups excluding tert-OH is 1. The van der Waals surface area contributed by atoms with Gasteiger partial charge in [-0.3, -0.25) is 4.55 Å². The van der Waals surface area contributed by atoms with Crippen LogP contribution in [0.1, 0.15) is 5.56 Å². The SMILES string of the molecule is O=S(=O)(O)C(O)Cc1c[nH]c2ccccc12.[Na]. The maximum atomic E-state index is 10.7. The van der Waals surface area contributed by atoms with E-state index in [1.54, 1.807) is 6.20 Å². The molecule has 1 aromatic carbocycles. The third-order valence-corrected chi connectivity index (χ3v) is 3.27. The van der Waals surface area contributed by atoms with Gasteiger partial charge in [0.1, 0.15) is 0 Å². The number of aromatic nitrogens is 1. The Labute approximate surface area is 121 Å². The summed E-state index contributed by atoms with van der Waals surface area (Å²) in [5, 5.41) is 10.1. The van der Waals surface area contributed by atoms with Crippen molar-refractivity contribution in [3.05, 3.63) is 36.0 Å². The maximum Gasteiger partial charge on any atom is 0.292 e. The zero-order chi connectivity index (χ0) is 11.8. The summed E-state index contributed by atoms with van der Waals surface area (Å²) in [6.45, 7) is 0. The molecule has 0 aliphatic carbocycles. The van der Waals surface area contributed by atoms with Crippen LogP contribution in [0.5, 0.6) is 0 Å². The Morgan fingerprint density at radius 2 is 1.94 bits per heavy atom. The van der Waals surface area contributed by atoms with E-state index in [1.807, 2.05) is 24.3 Å². The van der Waals surface area contributed by atoms with Gasteiger partial charge in [0, 0.05) is 53.1 Å². The van der Waals surface area contributed by atoms with E-state index >= 15 is 0 Å². The van der Waals surface area contributed by atoms with Crippen molar-refractivity contribution in [3.8, 4) is 0 Å². The second-order valence-corrected chi connectivity index (χ2v) is 5.11. The molecule has 1 unspecified atom stereocenters. The number of hydrogen-bond acceptors (Lipinski definition) is 3. The normalized spacial score (nSPS) is 13.3. The summed E-state index contributed by atoms with van der Waals surface area (Å²) in [4.78, 5) is 2.96. The van der Waals surface area contributed by atoms with E-state index in [0.717, 1.165) is 10.9 Å². The number of rotatable bonds is 3. The molecule has 0 saturated heterocycles. The van der Waals surface area contributed by atoms with Crippen molar-refractivity contribution < 1.29 is 18.1 Å². The molecule has 0 bridgehead atoms. The molecule has 2 rings (SSSR count). The minimum Gasteiger partial charge on any atom is -0.375 e. The number of nitrogens with one attached hydrogen (secondary N) is 1. The Bertz CT molecular complexity index is 608. The minimum atomic E-state index is -4.41. The van der Waals surface area contributed by atoms with Crippen LogP contribution in [0.15, 0.2) is 30.5 Å². The van der Waals surface area contributed by atoms with Gasteiger partial charge in [-0.15, -0.1) is 0 Å². The second-order valence-electron chi connectivity index (χ2n) is 3.53. The average molecular weight is 264 g/mol. The molecule has 87 valence electrons. The maximum absolute atomic E-state index is 10.7. The standard InChI is InChI=1S/C10H11NO4S.Na/c12-10(16(13,14)15)5-7-6-11-9-4-2-1-3-8(7)9;/h1-4,6,10-12H,5H2,(H,13,14,15);. The first kappa shape index (κ1) is 14.7. The van der Waals surface area contributed by atoms with Gasteiger partial charge in [-0.1, -0.05) is 18.2 Å². The Hall–Kier alpha value is -0.370. The number of aromatic amines is 1. The summed E-state index contributed by atoms with van der Waals surface area (Å²) in [7, 11) is -4.41. The van der Waals surface area contributed by atoms with Crippen LogP contribution in [0, 0.1) is 0 Å². The van der Waals surface area contributed by atoms with E-state index in [0.29, 0.717) is 5.56 Å². The third-order valence-electron chi connectivity index (χ3n) is 2.41. The van der Waals surface area contributed by atoms with Crippen molar-refractivity contribution in [2.45, 2.75) is 11.9 Å². The van der Waals surface area contributed by atoms with Crippen molar-refractivity contribution in [2.24, 2.45) is 0 Å². The molecule has 0 saturated carbocycles. The Balaban J connectivity index is 0.00000144. The van der Waals surface area contributed by atoms with Gasteiger partial charge in [0.15, 0.2) is 5.44 Å². The molecule has 3 N–H and O–H groups in total. The number of hydrogen-bond donors (Lipinski definition) is 3. The molecule has 2 aromatic rings. The molecule has 0 aliphatic rings. The molecule has 0 spiro atoms.